The first-order valence-electron chi connectivity index (χ1n) is 11.7. The van der Waals surface area contributed by atoms with E-state index in [2.05, 4.69) is 12.2 Å². The van der Waals surface area contributed by atoms with Gasteiger partial charge in [0.25, 0.3) is 0 Å². The summed E-state index contributed by atoms with van der Waals surface area (Å²) in [5.74, 6) is -0.203. The molecule has 1 rings (SSSR count). The van der Waals surface area contributed by atoms with Crippen LogP contribution in [0.15, 0.2) is 18.2 Å². The van der Waals surface area contributed by atoms with Crippen LogP contribution in [0.5, 0.6) is 5.75 Å². The molecule has 196 valence electrons. The Morgan fingerprint density at radius 3 is 2.44 bits per heavy atom. The lowest BCUT2D eigenvalue weighted by atomic mass is 9.87. The Bertz CT molecular complexity index is 716. The quantitative estimate of drug-likeness (QED) is 0.188. The Morgan fingerprint density at radius 2 is 1.82 bits per heavy atom. The largest absolute Gasteiger partial charge is 0.493 e. The fraction of sp³-hybridized carbons (Fsp3) is 0.708. The first kappa shape index (κ1) is 30.0. The molecule has 0 aromatic heterocycles. The summed E-state index contributed by atoms with van der Waals surface area (Å²) in [6.45, 7) is 2.05. The van der Waals surface area contributed by atoms with Gasteiger partial charge in [0.2, 0.25) is 0 Å². The van der Waals surface area contributed by atoms with Crippen molar-refractivity contribution in [2.75, 3.05) is 33.7 Å². The summed E-state index contributed by atoms with van der Waals surface area (Å²) in [5.41, 5.74) is -1.53. The van der Waals surface area contributed by atoms with E-state index in [1.807, 2.05) is 0 Å². The van der Waals surface area contributed by atoms with Crippen LogP contribution in [-0.2, 0) is 22.1 Å². The molecule has 0 saturated carbocycles. The van der Waals surface area contributed by atoms with E-state index in [0.717, 1.165) is 31.7 Å². The number of hydrogen-bond acceptors (Lipinski definition) is 5. The maximum absolute atomic E-state index is 13.7. The number of unbranched alkanes of at least 4 members (excludes halogenated alkanes) is 4. The van der Waals surface area contributed by atoms with E-state index >= 15 is 0 Å². The molecule has 0 fully saturated rings. The van der Waals surface area contributed by atoms with Crippen molar-refractivity contribution < 1.29 is 42.4 Å². The summed E-state index contributed by atoms with van der Waals surface area (Å²) in [6.07, 6.45) is -0.153. The smallest absolute Gasteiger partial charge is 0.419 e. The SMILES string of the molecule is CCCCCCCOc1ccc(CCC(CCCO)(COCOC)NC(=O)O)cc1C(F)(F)F. The summed E-state index contributed by atoms with van der Waals surface area (Å²) in [6, 6.07) is 3.95. The topological polar surface area (TPSA) is 97.3 Å². The number of ether oxygens (including phenoxy) is 3. The number of aliphatic hydroxyl groups is 1. The number of hydrogen-bond donors (Lipinski definition) is 3. The van der Waals surface area contributed by atoms with Crippen molar-refractivity contribution >= 4 is 6.09 Å². The van der Waals surface area contributed by atoms with Gasteiger partial charge in [-0.25, -0.2) is 4.79 Å². The lowest BCUT2D eigenvalue weighted by Gasteiger charge is -2.33. The van der Waals surface area contributed by atoms with Crippen molar-refractivity contribution in [1.29, 1.82) is 0 Å². The Kier molecular flexibility index (Phi) is 13.9. The molecule has 1 atom stereocenters. The Morgan fingerprint density at radius 1 is 1.09 bits per heavy atom. The number of benzene rings is 1. The van der Waals surface area contributed by atoms with Gasteiger partial charge in [-0.15, -0.1) is 0 Å². The molecule has 0 aliphatic heterocycles. The molecule has 10 heteroatoms. The molecular weight excluding hydrogens is 455 g/mol. The van der Waals surface area contributed by atoms with Gasteiger partial charge in [0, 0.05) is 13.7 Å². The second-order valence-corrected chi connectivity index (χ2v) is 8.38. The van der Waals surface area contributed by atoms with Gasteiger partial charge in [-0.1, -0.05) is 38.7 Å². The van der Waals surface area contributed by atoms with Crippen molar-refractivity contribution in [3.63, 3.8) is 0 Å². The third-order valence-electron chi connectivity index (χ3n) is 5.51. The fourth-order valence-corrected chi connectivity index (χ4v) is 3.75. The van der Waals surface area contributed by atoms with Crippen LogP contribution in [0.4, 0.5) is 18.0 Å². The molecule has 0 spiro atoms. The van der Waals surface area contributed by atoms with Crippen LogP contribution in [0.1, 0.15) is 69.4 Å². The van der Waals surface area contributed by atoms with Crippen molar-refractivity contribution in [2.24, 2.45) is 0 Å². The van der Waals surface area contributed by atoms with E-state index in [1.54, 1.807) is 6.07 Å². The fourth-order valence-electron chi connectivity index (χ4n) is 3.75. The second-order valence-electron chi connectivity index (χ2n) is 8.38. The normalized spacial score (nSPS) is 13.5. The van der Waals surface area contributed by atoms with Crippen LogP contribution >= 0.6 is 0 Å². The number of alkyl halides is 3. The average Bonchev–Trinajstić information content (AvgIpc) is 2.78. The van der Waals surface area contributed by atoms with Crippen LogP contribution < -0.4 is 10.1 Å². The molecule has 0 radical (unpaired) electrons. The van der Waals surface area contributed by atoms with Crippen molar-refractivity contribution in [1.82, 2.24) is 5.32 Å². The molecular formula is C24H38F3NO6. The lowest BCUT2D eigenvalue weighted by Crippen LogP contribution is -2.52. The summed E-state index contributed by atoms with van der Waals surface area (Å²) in [7, 11) is 1.42. The van der Waals surface area contributed by atoms with Gasteiger partial charge in [-0.2, -0.15) is 13.2 Å². The van der Waals surface area contributed by atoms with Crippen LogP contribution in [0.2, 0.25) is 0 Å². The van der Waals surface area contributed by atoms with E-state index in [-0.39, 0.29) is 51.6 Å². The number of aliphatic hydroxyl groups excluding tert-OH is 1. The third-order valence-corrected chi connectivity index (χ3v) is 5.51. The number of amides is 1. The van der Waals surface area contributed by atoms with Crippen LogP contribution in [0.3, 0.4) is 0 Å². The molecule has 34 heavy (non-hydrogen) atoms. The first-order chi connectivity index (χ1) is 16.2. The minimum atomic E-state index is -4.58. The highest BCUT2D eigenvalue weighted by molar-refractivity contribution is 5.65. The molecule has 0 bridgehead atoms. The summed E-state index contributed by atoms with van der Waals surface area (Å²) in [4.78, 5) is 11.4. The number of nitrogens with one attached hydrogen (secondary N) is 1. The summed E-state index contributed by atoms with van der Waals surface area (Å²) < 4.78 is 56.7. The predicted molar refractivity (Wildman–Crippen MR) is 122 cm³/mol. The minimum absolute atomic E-state index is 0.0432. The van der Waals surface area contributed by atoms with Gasteiger partial charge in [0.15, 0.2) is 0 Å². The van der Waals surface area contributed by atoms with Crippen molar-refractivity contribution in [3.05, 3.63) is 29.3 Å². The summed E-state index contributed by atoms with van der Waals surface area (Å²) >= 11 is 0. The van der Waals surface area contributed by atoms with Gasteiger partial charge in [0.1, 0.15) is 12.5 Å². The standard InChI is InChI=1S/C24H38F3NO6/c1-3-4-5-6-7-15-34-21-10-9-19(16-20(21)24(25,26)27)11-13-23(12-8-14-29,28-22(30)31)17-33-18-32-2/h9-10,16,28-29H,3-8,11-15,17-18H2,1-2H3,(H,30,31). The average molecular weight is 494 g/mol. The summed E-state index contributed by atoms with van der Waals surface area (Å²) in [5, 5.41) is 21.0. The lowest BCUT2D eigenvalue weighted by molar-refractivity contribution is -0.139. The Labute approximate surface area is 199 Å². The Balaban J connectivity index is 2.97. The van der Waals surface area contributed by atoms with E-state index < -0.39 is 23.4 Å². The number of carboxylic acid groups (broad SMARTS) is 1. The van der Waals surface area contributed by atoms with E-state index in [1.165, 1.54) is 13.2 Å². The first-order valence-corrected chi connectivity index (χ1v) is 11.7. The molecule has 1 amide bonds. The minimum Gasteiger partial charge on any atom is -0.493 e. The van der Waals surface area contributed by atoms with Gasteiger partial charge in [-0.05, 0) is 49.8 Å². The number of methoxy groups -OCH3 is 1. The third kappa shape index (κ3) is 11.4. The zero-order valence-corrected chi connectivity index (χ0v) is 20.1. The molecule has 1 aromatic carbocycles. The Hall–Kier alpha value is -2.04. The maximum Gasteiger partial charge on any atom is 0.419 e. The number of rotatable bonds is 18. The van der Waals surface area contributed by atoms with Crippen LogP contribution in [0, 0.1) is 0 Å². The van der Waals surface area contributed by atoms with Crippen LogP contribution in [-0.4, -0.2) is 55.6 Å². The van der Waals surface area contributed by atoms with Gasteiger partial charge < -0.3 is 29.7 Å². The van der Waals surface area contributed by atoms with Gasteiger partial charge in [-0.3, -0.25) is 0 Å². The molecule has 0 heterocycles. The molecule has 3 N–H and O–H groups in total. The predicted octanol–water partition coefficient (Wildman–Crippen LogP) is 5.39. The highest BCUT2D eigenvalue weighted by Crippen LogP contribution is 2.37. The van der Waals surface area contributed by atoms with E-state index in [0.29, 0.717) is 18.4 Å². The number of halogens is 3. The van der Waals surface area contributed by atoms with Gasteiger partial charge in [0.05, 0.1) is 24.3 Å². The van der Waals surface area contributed by atoms with Crippen molar-refractivity contribution in [2.45, 2.75) is 76.4 Å². The maximum atomic E-state index is 13.7. The van der Waals surface area contributed by atoms with Crippen LogP contribution in [0.25, 0.3) is 0 Å². The van der Waals surface area contributed by atoms with Crippen molar-refractivity contribution in [3.8, 4) is 5.75 Å². The zero-order chi connectivity index (χ0) is 25.5. The molecule has 1 unspecified atom stereocenters. The molecule has 0 aliphatic rings. The van der Waals surface area contributed by atoms with Gasteiger partial charge >= 0.3 is 12.3 Å². The second kappa shape index (κ2) is 15.8. The molecule has 0 saturated heterocycles. The van der Waals surface area contributed by atoms with E-state index in [9.17, 15) is 28.2 Å². The highest BCUT2D eigenvalue weighted by atomic mass is 19.4. The monoisotopic (exact) mass is 493 g/mol. The molecule has 0 aliphatic carbocycles. The molecule has 7 nitrogen and oxygen atoms in total. The van der Waals surface area contributed by atoms with E-state index in [4.69, 9.17) is 14.2 Å². The molecule has 1 aromatic rings. The zero-order valence-electron chi connectivity index (χ0n) is 20.1. The highest BCUT2D eigenvalue weighted by Gasteiger charge is 2.36. The number of carbonyl (C=O) groups is 1. The number of aryl methyl sites for hydroxylation is 1.